The summed E-state index contributed by atoms with van der Waals surface area (Å²) in [6, 6.07) is 8.03. The van der Waals surface area contributed by atoms with Gasteiger partial charge in [-0.1, -0.05) is 25.7 Å². The highest BCUT2D eigenvalue weighted by molar-refractivity contribution is 6.11. The molecule has 0 saturated carbocycles. The topological polar surface area (TPSA) is 70.2 Å². The zero-order chi connectivity index (χ0) is 19.3. The number of aromatic amines is 2. The summed E-state index contributed by atoms with van der Waals surface area (Å²) in [4.78, 5) is 23.9. The molecule has 0 saturated heterocycles. The smallest absolute Gasteiger partial charge is 0.179 e. The second-order valence-electron chi connectivity index (χ2n) is 7.51. The Hall–Kier alpha value is -2.82. The van der Waals surface area contributed by atoms with E-state index >= 15 is 0 Å². The number of nitrogens with one attached hydrogen (secondary N) is 2. The van der Waals surface area contributed by atoms with Crippen molar-refractivity contribution in [3.05, 3.63) is 64.6 Å². The molecule has 0 atom stereocenters. The second-order valence-corrected chi connectivity index (χ2v) is 7.51. The molecule has 0 radical (unpaired) electrons. The molecule has 2 aliphatic heterocycles. The van der Waals surface area contributed by atoms with E-state index in [9.17, 15) is 4.79 Å². The van der Waals surface area contributed by atoms with Crippen LogP contribution in [0.1, 0.15) is 72.5 Å². The van der Waals surface area contributed by atoms with Gasteiger partial charge in [-0.05, 0) is 49.6 Å². The molecule has 28 heavy (non-hydrogen) atoms. The van der Waals surface area contributed by atoms with Crippen LogP contribution < -0.4 is 0 Å². The van der Waals surface area contributed by atoms with Crippen LogP contribution in [0.15, 0.2) is 46.8 Å². The molecule has 6 bridgehead atoms. The zero-order valence-electron chi connectivity index (χ0n) is 16.4. The Morgan fingerprint density at radius 2 is 1.61 bits per heavy atom. The van der Waals surface area contributed by atoms with Crippen LogP contribution >= 0.6 is 0 Å². The number of allylic oxidation sites excluding steroid dienone is 1. The lowest BCUT2D eigenvalue weighted by atomic mass is 10.1. The highest BCUT2D eigenvalue weighted by atomic mass is 16.5. The van der Waals surface area contributed by atoms with Gasteiger partial charge in [-0.15, -0.1) is 0 Å². The Morgan fingerprint density at radius 1 is 0.857 bits per heavy atom. The van der Waals surface area contributed by atoms with E-state index in [0.29, 0.717) is 12.1 Å². The Bertz CT molecular complexity index is 943. The number of ketones is 1. The number of aliphatic imine (C=N–C) groups is 1. The number of Topliss-reactive ketones (excluding diaryl/α,β-unsaturated/α-hetero) is 1. The Kier molecular flexibility index (Phi) is 5.60. The fourth-order valence-corrected chi connectivity index (χ4v) is 3.80. The van der Waals surface area contributed by atoms with Crippen molar-refractivity contribution in [3.8, 4) is 0 Å². The van der Waals surface area contributed by atoms with E-state index in [-0.39, 0.29) is 5.78 Å². The molecule has 0 aromatic carbocycles. The van der Waals surface area contributed by atoms with Crippen molar-refractivity contribution in [2.24, 2.45) is 4.99 Å². The minimum atomic E-state index is 0.180. The van der Waals surface area contributed by atoms with Crippen molar-refractivity contribution in [3.63, 3.8) is 0 Å². The molecule has 0 amide bonds. The van der Waals surface area contributed by atoms with Crippen molar-refractivity contribution < 1.29 is 9.53 Å². The first-order valence-corrected chi connectivity index (χ1v) is 10.2. The van der Waals surface area contributed by atoms with Crippen LogP contribution in [0.25, 0.3) is 6.08 Å². The molecule has 0 unspecified atom stereocenters. The lowest BCUT2D eigenvalue weighted by Gasteiger charge is -2.02. The first-order chi connectivity index (χ1) is 13.7. The summed E-state index contributed by atoms with van der Waals surface area (Å²) in [5.74, 6) is 0.905. The fraction of sp³-hybridized carbons (Fsp3) is 0.391. The maximum atomic E-state index is 12.4. The van der Waals surface area contributed by atoms with Crippen LogP contribution in [0.2, 0.25) is 0 Å². The summed E-state index contributed by atoms with van der Waals surface area (Å²) in [5.41, 5.74) is 5.41. The third kappa shape index (κ3) is 4.19. The van der Waals surface area contributed by atoms with Crippen molar-refractivity contribution in [2.45, 2.75) is 51.4 Å². The average molecular weight is 377 g/mol. The first kappa shape index (κ1) is 18.5. The summed E-state index contributed by atoms with van der Waals surface area (Å²) < 4.78 is 5.52. The maximum Gasteiger partial charge on any atom is 0.179 e. The van der Waals surface area contributed by atoms with Crippen molar-refractivity contribution in [2.75, 3.05) is 7.11 Å². The van der Waals surface area contributed by atoms with Crippen molar-refractivity contribution >= 4 is 17.6 Å². The summed E-state index contributed by atoms with van der Waals surface area (Å²) in [6.45, 7) is 0. The van der Waals surface area contributed by atoms with Crippen LogP contribution in [0.5, 0.6) is 0 Å². The van der Waals surface area contributed by atoms with E-state index < -0.39 is 0 Å². The fourth-order valence-electron chi connectivity index (χ4n) is 3.80. The largest absolute Gasteiger partial charge is 0.494 e. The number of carbonyl (C=O) groups excluding carboxylic acids is 1. The number of H-pyrrole nitrogens is 2. The van der Waals surface area contributed by atoms with Gasteiger partial charge in [0.05, 0.1) is 24.2 Å². The second kappa shape index (κ2) is 8.46. The predicted octanol–water partition coefficient (Wildman–Crippen LogP) is 5.19. The number of ether oxygens (including phenoxy) is 1. The number of fused-ring (bicyclic) bond motifs is 6. The number of aryl methyl sites for hydroxylation is 1. The first-order valence-electron chi connectivity index (χ1n) is 10.2. The normalized spacial score (nSPS) is 20.3. The number of rotatable bonds is 1. The van der Waals surface area contributed by atoms with Crippen LogP contribution in [-0.2, 0) is 11.2 Å². The Balaban J connectivity index is 1.64. The summed E-state index contributed by atoms with van der Waals surface area (Å²) in [6.07, 6.45) is 12.5. The molecule has 146 valence electrons. The van der Waals surface area contributed by atoms with E-state index in [0.717, 1.165) is 47.8 Å². The van der Waals surface area contributed by atoms with Gasteiger partial charge in [0.15, 0.2) is 5.78 Å². The molecule has 4 heterocycles. The van der Waals surface area contributed by atoms with Gasteiger partial charge in [0.1, 0.15) is 11.5 Å². The quantitative estimate of drug-likeness (QED) is 0.718. The minimum absolute atomic E-state index is 0.180. The molecule has 0 fully saturated rings. The monoisotopic (exact) mass is 377 g/mol. The zero-order valence-corrected chi connectivity index (χ0v) is 16.4. The summed E-state index contributed by atoms with van der Waals surface area (Å²) in [5, 5.41) is 0. The molecule has 0 spiro atoms. The van der Waals surface area contributed by atoms with Crippen molar-refractivity contribution in [1.29, 1.82) is 0 Å². The van der Waals surface area contributed by atoms with E-state index in [1.54, 1.807) is 7.11 Å². The van der Waals surface area contributed by atoms with Gasteiger partial charge in [0.25, 0.3) is 0 Å². The molecular formula is C23H27N3O2. The molecule has 2 aromatic rings. The van der Waals surface area contributed by atoms with Gasteiger partial charge in [0, 0.05) is 23.9 Å². The van der Waals surface area contributed by atoms with Crippen LogP contribution in [-0.4, -0.2) is 28.6 Å². The van der Waals surface area contributed by atoms with E-state index in [2.05, 4.69) is 22.1 Å². The molecule has 2 N–H and O–H groups in total. The molecule has 5 nitrogen and oxygen atoms in total. The van der Waals surface area contributed by atoms with Gasteiger partial charge in [-0.25, -0.2) is 4.99 Å². The average Bonchev–Trinajstić information content (AvgIpc) is 3.42. The van der Waals surface area contributed by atoms with E-state index in [1.165, 1.54) is 31.4 Å². The van der Waals surface area contributed by atoms with Crippen LogP contribution in [0, 0.1) is 0 Å². The number of carbonyl (C=O) groups is 1. The maximum absolute atomic E-state index is 12.4. The molecule has 0 aliphatic carbocycles. The third-order valence-electron chi connectivity index (χ3n) is 5.40. The van der Waals surface area contributed by atoms with Gasteiger partial charge in [-0.2, -0.15) is 0 Å². The van der Waals surface area contributed by atoms with Gasteiger partial charge >= 0.3 is 0 Å². The molecule has 2 aliphatic rings. The van der Waals surface area contributed by atoms with E-state index in [4.69, 9.17) is 9.73 Å². The van der Waals surface area contributed by atoms with Gasteiger partial charge in [0.2, 0.25) is 0 Å². The molecule has 5 heteroatoms. The number of hydrogen-bond acceptors (Lipinski definition) is 3. The molecular weight excluding hydrogens is 350 g/mol. The Labute approximate surface area is 165 Å². The lowest BCUT2D eigenvalue weighted by Crippen LogP contribution is -1.99. The highest BCUT2D eigenvalue weighted by Crippen LogP contribution is 2.25. The summed E-state index contributed by atoms with van der Waals surface area (Å²) in [7, 11) is 1.65. The SMILES string of the molecule is COC1=CC2=N/C1=C\c1ccc([nH]1)C(=O)CCCCCCCCc1ccc2[nH]1. The number of methoxy groups -OCH3 is 1. The lowest BCUT2D eigenvalue weighted by molar-refractivity contribution is 0.0975. The predicted molar refractivity (Wildman–Crippen MR) is 112 cm³/mol. The Morgan fingerprint density at radius 3 is 2.43 bits per heavy atom. The number of nitrogens with zero attached hydrogens (tertiary/aromatic N) is 1. The van der Waals surface area contributed by atoms with Gasteiger partial charge in [-0.3, -0.25) is 4.79 Å². The number of aromatic nitrogens is 2. The van der Waals surface area contributed by atoms with Gasteiger partial charge < -0.3 is 14.7 Å². The minimum Gasteiger partial charge on any atom is -0.494 e. The van der Waals surface area contributed by atoms with Crippen molar-refractivity contribution in [1.82, 2.24) is 9.97 Å². The van der Waals surface area contributed by atoms with E-state index in [1.807, 2.05) is 24.3 Å². The molecule has 2 aromatic heterocycles. The standard InChI is InChI=1S/C23H27N3O2/c1-28-23-15-20-18-12-10-16(24-18)8-6-4-2-3-5-7-9-22(27)19-13-11-17(25-19)14-21(23)26-20/h10-15,24-25H,2-9H2,1H3/b21-14-. The highest BCUT2D eigenvalue weighted by Gasteiger charge is 2.18. The van der Waals surface area contributed by atoms with Crippen LogP contribution in [0.3, 0.4) is 0 Å². The summed E-state index contributed by atoms with van der Waals surface area (Å²) >= 11 is 0. The number of hydrogen-bond donors (Lipinski definition) is 2. The molecule has 4 rings (SSSR count). The van der Waals surface area contributed by atoms with Crippen LogP contribution in [0.4, 0.5) is 0 Å². The third-order valence-corrected chi connectivity index (χ3v) is 5.40.